The van der Waals surface area contributed by atoms with Crippen LogP contribution in [-0.4, -0.2) is 26.2 Å². The second kappa shape index (κ2) is 8.38. The number of nitrogens with one attached hydrogen (secondary N) is 1. The lowest BCUT2D eigenvalue weighted by Crippen LogP contribution is -2.34. The second-order valence-corrected chi connectivity index (χ2v) is 4.69. The number of ether oxygens (including phenoxy) is 2. The normalized spacial score (nSPS) is 10.7. The number of carbonyl (C=O) groups is 2. The lowest BCUT2D eigenvalue weighted by Gasteiger charge is -2.27. The van der Waals surface area contributed by atoms with Gasteiger partial charge in [0.05, 0.1) is 31.7 Å². The summed E-state index contributed by atoms with van der Waals surface area (Å²) in [7, 11) is 2.49. The molecule has 0 saturated heterocycles. The van der Waals surface area contributed by atoms with Crippen LogP contribution in [0.25, 0.3) is 0 Å². The first kappa shape index (κ1) is 17.1. The average molecular weight is 326 g/mol. The van der Waals surface area contributed by atoms with Gasteiger partial charge in [-0.25, -0.2) is 14.6 Å². The molecule has 0 spiro atoms. The number of hydrazine groups is 1. The minimum Gasteiger partial charge on any atom is -0.466 e. The molecule has 124 valence electrons. The van der Waals surface area contributed by atoms with Gasteiger partial charge in [0.2, 0.25) is 0 Å². The van der Waals surface area contributed by atoms with E-state index < -0.39 is 11.9 Å². The zero-order chi connectivity index (χ0) is 17.4. The third-order valence-corrected chi connectivity index (χ3v) is 3.12. The Bertz CT molecular complexity index is 714. The second-order valence-electron chi connectivity index (χ2n) is 4.69. The molecule has 24 heavy (non-hydrogen) atoms. The van der Waals surface area contributed by atoms with E-state index in [-0.39, 0.29) is 5.70 Å². The molecule has 2 aromatic carbocycles. The highest BCUT2D eigenvalue weighted by atomic mass is 16.5. The number of anilines is 2. The molecule has 0 amide bonds. The molecule has 2 aromatic rings. The van der Waals surface area contributed by atoms with E-state index in [0.717, 1.165) is 11.8 Å². The van der Waals surface area contributed by atoms with E-state index >= 15 is 0 Å². The van der Waals surface area contributed by atoms with Gasteiger partial charge in [0.1, 0.15) is 0 Å². The predicted octanol–water partition coefficient (Wildman–Crippen LogP) is 2.75. The van der Waals surface area contributed by atoms with Gasteiger partial charge in [-0.3, -0.25) is 5.43 Å². The smallest absolute Gasteiger partial charge is 0.356 e. The lowest BCUT2D eigenvalue weighted by atomic mass is 10.2. The van der Waals surface area contributed by atoms with Crippen LogP contribution < -0.4 is 10.4 Å². The highest BCUT2D eigenvalue weighted by Gasteiger charge is 2.22. The highest BCUT2D eigenvalue weighted by Crippen LogP contribution is 2.21. The summed E-state index contributed by atoms with van der Waals surface area (Å²) in [6, 6.07) is 18.3. The number of esters is 2. The van der Waals surface area contributed by atoms with Crippen LogP contribution in [0.5, 0.6) is 0 Å². The number of benzene rings is 2. The maximum absolute atomic E-state index is 12.2. The summed E-state index contributed by atoms with van der Waals surface area (Å²) in [6.07, 6.45) is 1.08. The average Bonchev–Trinajstić information content (AvgIpc) is 2.65. The van der Waals surface area contributed by atoms with Crippen molar-refractivity contribution in [1.29, 1.82) is 0 Å². The molecule has 0 fully saturated rings. The molecular formula is C18H18N2O4. The van der Waals surface area contributed by atoms with E-state index in [1.54, 1.807) is 12.1 Å². The molecular weight excluding hydrogens is 308 g/mol. The molecule has 0 aliphatic carbocycles. The van der Waals surface area contributed by atoms with Crippen molar-refractivity contribution in [3.05, 3.63) is 72.4 Å². The molecule has 6 heteroatoms. The zero-order valence-corrected chi connectivity index (χ0v) is 13.4. The number of methoxy groups -OCH3 is 2. The van der Waals surface area contributed by atoms with E-state index in [2.05, 4.69) is 10.2 Å². The summed E-state index contributed by atoms with van der Waals surface area (Å²) in [5, 5.41) is 1.47. The van der Waals surface area contributed by atoms with Crippen molar-refractivity contribution in [2.45, 2.75) is 0 Å². The highest BCUT2D eigenvalue weighted by molar-refractivity contribution is 5.99. The Morgan fingerprint density at radius 1 is 0.917 bits per heavy atom. The molecule has 1 N–H and O–H groups in total. The van der Waals surface area contributed by atoms with Crippen molar-refractivity contribution < 1.29 is 19.1 Å². The molecule has 0 saturated carbocycles. The Hall–Kier alpha value is -3.28. The molecule has 2 rings (SSSR count). The van der Waals surface area contributed by atoms with Crippen LogP contribution in [0, 0.1) is 0 Å². The van der Waals surface area contributed by atoms with Crippen molar-refractivity contribution in [1.82, 2.24) is 0 Å². The van der Waals surface area contributed by atoms with E-state index in [4.69, 9.17) is 4.74 Å². The van der Waals surface area contributed by atoms with E-state index in [1.807, 2.05) is 48.5 Å². The van der Waals surface area contributed by atoms with E-state index in [9.17, 15) is 9.59 Å². The topological polar surface area (TPSA) is 67.9 Å². The first-order chi connectivity index (χ1) is 11.7. The van der Waals surface area contributed by atoms with Crippen molar-refractivity contribution in [2.24, 2.45) is 0 Å². The van der Waals surface area contributed by atoms with Gasteiger partial charge < -0.3 is 9.47 Å². The summed E-state index contributed by atoms with van der Waals surface area (Å²) in [5.74, 6) is -1.33. The Labute approximate surface area is 140 Å². The summed E-state index contributed by atoms with van der Waals surface area (Å²) in [6.45, 7) is 0. The van der Waals surface area contributed by atoms with Gasteiger partial charge in [-0.1, -0.05) is 36.4 Å². The Morgan fingerprint density at radius 3 is 2.04 bits per heavy atom. The molecule has 0 aliphatic heterocycles. The van der Waals surface area contributed by atoms with Crippen LogP contribution in [0.2, 0.25) is 0 Å². The molecule has 0 aromatic heterocycles. The van der Waals surface area contributed by atoms with Crippen molar-refractivity contribution in [3.8, 4) is 0 Å². The van der Waals surface area contributed by atoms with Crippen molar-refractivity contribution in [2.75, 3.05) is 24.7 Å². The van der Waals surface area contributed by atoms with Gasteiger partial charge in [-0.05, 0) is 24.3 Å². The minimum atomic E-state index is -0.673. The Balaban J connectivity index is 2.47. The van der Waals surface area contributed by atoms with Gasteiger partial charge >= 0.3 is 11.9 Å². The van der Waals surface area contributed by atoms with Crippen LogP contribution in [0.15, 0.2) is 72.4 Å². The quantitative estimate of drug-likeness (QED) is 0.500. The molecule has 0 bridgehead atoms. The number of carbonyl (C=O) groups excluding carboxylic acids is 2. The van der Waals surface area contributed by atoms with Gasteiger partial charge in [0, 0.05) is 0 Å². The monoisotopic (exact) mass is 326 g/mol. The van der Waals surface area contributed by atoms with Crippen LogP contribution >= 0.6 is 0 Å². The maximum Gasteiger partial charge on any atom is 0.356 e. The molecule has 6 nitrogen and oxygen atoms in total. The number of para-hydroxylation sites is 2. The number of nitrogens with zero attached hydrogens (tertiary/aromatic N) is 1. The number of hydrogen-bond acceptors (Lipinski definition) is 6. The van der Waals surface area contributed by atoms with Gasteiger partial charge in [-0.15, -0.1) is 0 Å². The van der Waals surface area contributed by atoms with Crippen LogP contribution in [0.3, 0.4) is 0 Å². The Kier molecular flexibility index (Phi) is 5.96. The van der Waals surface area contributed by atoms with E-state index in [0.29, 0.717) is 5.69 Å². The van der Waals surface area contributed by atoms with Gasteiger partial charge in [0.15, 0.2) is 5.70 Å². The molecule has 0 unspecified atom stereocenters. The molecule has 0 atom stereocenters. The van der Waals surface area contributed by atoms with Gasteiger partial charge in [-0.2, -0.15) is 0 Å². The third-order valence-electron chi connectivity index (χ3n) is 3.12. The Morgan fingerprint density at radius 2 is 1.50 bits per heavy atom. The predicted molar refractivity (Wildman–Crippen MR) is 91.1 cm³/mol. The summed E-state index contributed by atoms with van der Waals surface area (Å²) in [4.78, 5) is 23.9. The summed E-state index contributed by atoms with van der Waals surface area (Å²) < 4.78 is 9.44. The number of hydrogen-bond donors (Lipinski definition) is 1. The van der Waals surface area contributed by atoms with Gasteiger partial charge in [0.25, 0.3) is 0 Å². The zero-order valence-electron chi connectivity index (χ0n) is 13.4. The van der Waals surface area contributed by atoms with E-state index in [1.165, 1.54) is 19.2 Å². The van der Waals surface area contributed by atoms with Crippen LogP contribution in [0.1, 0.15) is 0 Å². The first-order valence-electron chi connectivity index (χ1n) is 7.20. The first-order valence-corrected chi connectivity index (χ1v) is 7.20. The number of rotatable bonds is 6. The molecule has 0 aliphatic rings. The maximum atomic E-state index is 12.2. The summed E-state index contributed by atoms with van der Waals surface area (Å²) >= 11 is 0. The lowest BCUT2D eigenvalue weighted by molar-refractivity contribution is -0.138. The van der Waals surface area contributed by atoms with Crippen LogP contribution in [0.4, 0.5) is 11.4 Å². The molecule has 0 radical (unpaired) electrons. The fraction of sp³-hybridized carbons (Fsp3) is 0.111. The standard InChI is InChI=1S/C18H18N2O4/c1-23-17(21)13-16(18(22)24-2)20(15-11-7-4-8-12-15)19-14-9-5-3-6-10-14/h3-13,19H,1-2H3/b16-13+. The fourth-order valence-electron chi connectivity index (χ4n) is 1.97. The van der Waals surface area contributed by atoms with Crippen molar-refractivity contribution in [3.63, 3.8) is 0 Å². The fourth-order valence-corrected chi connectivity index (χ4v) is 1.97. The SMILES string of the molecule is COC(=O)/C=C(\C(=O)OC)N(Nc1ccccc1)c1ccccc1. The van der Waals surface area contributed by atoms with Crippen LogP contribution in [-0.2, 0) is 19.1 Å². The minimum absolute atomic E-state index is 0.000553. The molecule has 0 heterocycles. The summed E-state index contributed by atoms with van der Waals surface area (Å²) in [5.41, 5.74) is 4.49. The third kappa shape index (κ3) is 4.36. The van der Waals surface area contributed by atoms with Crippen molar-refractivity contribution >= 4 is 23.3 Å². The largest absolute Gasteiger partial charge is 0.466 e.